The number of fused-ring (bicyclic) bond motifs is 1. The molecule has 1 aromatic rings. The SMILES string of the molecule is CN1C(=O)Cc2cc(C(O)C3CCCNC3)ccc21. The summed E-state index contributed by atoms with van der Waals surface area (Å²) in [6, 6.07) is 5.90. The number of nitrogens with zero attached hydrogens (tertiary/aromatic N) is 1. The third-order valence-corrected chi connectivity index (χ3v) is 4.30. The predicted octanol–water partition coefficient (Wildman–Crippen LogP) is 1.24. The molecule has 2 heterocycles. The van der Waals surface area contributed by atoms with E-state index >= 15 is 0 Å². The van der Waals surface area contributed by atoms with E-state index in [1.807, 2.05) is 18.2 Å². The van der Waals surface area contributed by atoms with Gasteiger partial charge in [0.2, 0.25) is 5.91 Å². The Labute approximate surface area is 113 Å². The van der Waals surface area contributed by atoms with Crippen molar-refractivity contribution in [1.29, 1.82) is 0 Å². The molecule has 0 radical (unpaired) electrons. The maximum atomic E-state index is 11.7. The summed E-state index contributed by atoms with van der Waals surface area (Å²) < 4.78 is 0. The number of hydrogen-bond donors (Lipinski definition) is 2. The van der Waals surface area contributed by atoms with Gasteiger partial charge in [-0.05, 0) is 36.6 Å². The molecule has 1 aromatic carbocycles. The molecule has 102 valence electrons. The van der Waals surface area contributed by atoms with E-state index in [0.29, 0.717) is 6.42 Å². The van der Waals surface area contributed by atoms with Crippen LogP contribution >= 0.6 is 0 Å². The van der Waals surface area contributed by atoms with Crippen molar-refractivity contribution in [3.05, 3.63) is 29.3 Å². The largest absolute Gasteiger partial charge is 0.388 e. The fourth-order valence-corrected chi connectivity index (χ4v) is 3.09. The van der Waals surface area contributed by atoms with Crippen molar-refractivity contribution in [2.45, 2.75) is 25.4 Å². The standard InChI is InChI=1S/C15H20N2O2/c1-17-13-5-4-10(7-12(13)8-14(17)18)15(19)11-3-2-6-16-9-11/h4-5,7,11,15-16,19H,2-3,6,8-9H2,1H3. The summed E-state index contributed by atoms with van der Waals surface area (Å²) in [5, 5.41) is 13.8. The van der Waals surface area contributed by atoms with E-state index in [1.165, 1.54) is 0 Å². The minimum absolute atomic E-state index is 0.126. The van der Waals surface area contributed by atoms with Gasteiger partial charge in [0, 0.05) is 25.2 Å². The molecule has 2 aliphatic heterocycles. The Balaban J connectivity index is 1.82. The maximum Gasteiger partial charge on any atom is 0.231 e. The fourth-order valence-electron chi connectivity index (χ4n) is 3.09. The summed E-state index contributed by atoms with van der Waals surface area (Å²) in [5.74, 6) is 0.405. The highest BCUT2D eigenvalue weighted by Gasteiger charge is 2.27. The second kappa shape index (κ2) is 4.94. The van der Waals surface area contributed by atoms with E-state index in [2.05, 4.69) is 5.32 Å². The van der Waals surface area contributed by atoms with Crippen molar-refractivity contribution in [2.75, 3.05) is 25.0 Å². The molecule has 0 aliphatic carbocycles. The van der Waals surface area contributed by atoms with Crippen LogP contribution in [-0.4, -0.2) is 31.2 Å². The number of likely N-dealkylation sites (N-methyl/N-ethyl adjacent to an activating group) is 1. The number of rotatable bonds is 2. The van der Waals surface area contributed by atoms with Gasteiger partial charge >= 0.3 is 0 Å². The number of amides is 1. The van der Waals surface area contributed by atoms with Crippen molar-refractivity contribution in [3.8, 4) is 0 Å². The highest BCUT2D eigenvalue weighted by Crippen LogP contribution is 2.33. The zero-order valence-electron chi connectivity index (χ0n) is 11.2. The predicted molar refractivity (Wildman–Crippen MR) is 74.1 cm³/mol. The van der Waals surface area contributed by atoms with Gasteiger partial charge in [-0.3, -0.25) is 4.79 Å². The van der Waals surface area contributed by atoms with Crippen LogP contribution < -0.4 is 10.2 Å². The molecule has 19 heavy (non-hydrogen) atoms. The van der Waals surface area contributed by atoms with Crippen LogP contribution in [0.5, 0.6) is 0 Å². The van der Waals surface area contributed by atoms with Gasteiger partial charge in [0.05, 0.1) is 12.5 Å². The lowest BCUT2D eigenvalue weighted by atomic mass is 9.88. The summed E-state index contributed by atoms with van der Waals surface area (Å²) in [5.41, 5.74) is 2.95. The number of hydrogen-bond acceptors (Lipinski definition) is 3. The lowest BCUT2D eigenvalue weighted by molar-refractivity contribution is -0.117. The van der Waals surface area contributed by atoms with E-state index < -0.39 is 6.10 Å². The van der Waals surface area contributed by atoms with E-state index in [1.54, 1.807) is 11.9 Å². The zero-order chi connectivity index (χ0) is 13.4. The van der Waals surface area contributed by atoms with E-state index in [0.717, 1.165) is 42.7 Å². The molecule has 4 heteroatoms. The normalized spacial score (nSPS) is 24.4. The van der Waals surface area contributed by atoms with Gasteiger partial charge in [-0.15, -0.1) is 0 Å². The summed E-state index contributed by atoms with van der Waals surface area (Å²) in [6.07, 6.45) is 2.20. The smallest absolute Gasteiger partial charge is 0.231 e. The van der Waals surface area contributed by atoms with Crippen LogP contribution in [0, 0.1) is 5.92 Å². The van der Waals surface area contributed by atoms with Crippen molar-refractivity contribution in [3.63, 3.8) is 0 Å². The Morgan fingerprint density at radius 2 is 2.32 bits per heavy atom. The van der Waals surface area contributed by atoms with Crippen LogP contribution in [0.15, 0.2) is 18.2 Å². The number of carbonyl (C=O) groups excluding carboxylic acids is 1. The molecule has 0 spiro atoms. The molecule has 0 bridgehead atoms. The van der Waals surface area contributed by atoms with E-state index in [9.17, 15) is 9.90 Å². The van der Waals surface area contributed by atoms with Crippen molar-refractivity contribution < 1.29 is 9.90 Å². The molecule has 3 rings (SSSR count). The summed E-state index contributed by atoms with van der Waals surface area (Å²) in [6.45, 7) is 1.92. The Morgan fingerprint density at radius 1 is 1.47 bits per heavy atom. The minimum atomic E-state index is -0.431. The van der Waals surface area contributed by atoms with Gasteiger partial charge < -0.3 is 15.3 Å². The fraction of sp³-hybridized carbons (Fsp3) is 0.533. The number of carbonyl (C=O) groups is 1. The van der Waals surface area contributed by atoms with E-state index in [4.69, 9.17) is 0 Å². The van der Waals surface area contributed by atoms with Crippen LogP contribution in [0.4, 0.5) is 5.69 Å². The molecule has 2 N–H and O–H groups in total. The zero-order valence-corrected chi connectivity index (χ0v) is 11.2. The van der Waals surface area contributed by atoms with Crippen molar-refractivity contribution >= 4 is 11.6 Å². The highest BCUT2D eigenvalue weighted by atomic mass is 16.3. The average Bonchev–Trinajstić information content (AvgIpc) is 2.74. The Hall–Kier alpha value is -1.39. The second-order valence-electron chi connectivity index (χ2n) is 5.57. The first kappa shape index (κ1) is 12.6. The van der Waals surface area contributed by atoms with E-state index in [-0.39, 0.29) is 11.8 Å². The van der Waals surface area contributed by atoms with Crippen LogP contribution in [-0.2, 0) is 11.2 Å². The number of aliphatic hydroxyl groups is 1. The van der Waals surface area contributed by atoms with Gasteiger partial charge in [0.15, 0.2) is 0 Å². The van der Waals surface area contributed by atoms with Gasteiger partial charge in [-0.1, -0.05) is 12.1 Å². The average molecular weight is 260 g/mol. The molecule has 0 aromatic heterocycles. The van der Waals surface area contributed by atoms with Gasteiger partial charge in [-0.2, -0.15) is 0 Å². The first-order chi connectivity index (χ1) is 9.16. The molecule has 2 unspecified atom stereocenters. The monoisotopic (exact) mass is 260 g/mol. The molecular formula is C15H20N2O2. The molecule has 2 atom stereocenters. The number of nitrogens with one attached hydrogen (secondary N) is 1. The minimum Gasteiger partial charge on any atom is -0.388 e. The molecule has 1 fully saturated rings. The second-order valence-corrected chi connectivity index (χ2v) is 5.57. The Bertz CT molecular complexity index is 495. The molecule has 1 saturated heterocycles. The van der Waals surface area contributed by atoms with Crippen LogP contribution in [0.25, 0.3) is 0 Å². The molecule has 0 saturated carbocycles. The number of aliphatic hydroxyl groups excluding tert-OH is 1. The van der Waals surface area contributed by atoms with Gasteiger partial charge in [-0.25, -0.2) is 0 Å². The summed E-state index contributed by atoms with van der Waals surface area (Å²) in [4.78, 5) is 13.4. The first-order valence-electron chi connectivity index (χ1n) is 6.95. The van der Waals surface area contributed by atoms with Crippen LogP contribution in [0.1, 0.15) is 30.1 Å². The summed E-state index contributed by atoms with van der Waals surface area (Å²) in [7, 11) is 1.80. The van der Waals surface area contributed by atoms with Crippen molar-refractivity contribution in [1.82, 2.24) is 5.32 Å². The first-order valence-corrected chi connectivity index (χ1v) is 6.95. The summed E-state index contributed by atoms with van der Waals surface area (Å²) >= 11 is 0. The van der Waals surface area contributed by atoms with Crippen LogP contribution in [0.3, 0.4) is 0 Å². The number of benzene rings is 1. The van der Waals surface area contributed by atoms with Crippen molar-refractivity contribution in [2.24, 2.45) is 5.92 Å². The Kier molecular flexibility index (Phi) is 3.29. The molecular weight excluding hydrogens is 240 g/mol. The van der Waals surface area contributed by atoms with Gasteiger partial charge in [0.1, 0.15) is 0 Å². The third-order valence-electron chi connectivity index (χ3n) is 4.30. The topological polar surface area (TPSA) is 52.6 Å². The van der Waals surface area contributed by atoms with Gasteiger partial charge in [0.25, 0.3) is 0 Å². The maximum absolute atomic E-state index is 11.7. The quantitative estimate of drug-likeness (QED) is 0.841. The Morgan fingerprint density at radius 3 is 3.05 bits per heavy atom. The third kappa shape index (κ3) is 2.26. The lowest BCUT2D eigenvalue weighted by Gasteiger charge is -2.27. The molecule has 1 amide bonds. The number of anilines is 1. The molecule has 4 nitrogen and oxygen atoms in total. The molecule has 2 aliphatic rings. The lowest BCUT2D eigenvalue weighted by Crippen LogP contribution is -2.33. The highest BCUT2D eigenvalue weighted by molar-refractivity contribution is 6.00. The van der Waals surface area contributed by atoms with Crippen LogP contribution in [0.2, 0.25) is 0 Å². The number of piperidine rings is 1.